The average molecular weight is 363 g/mol. The summed E-state index contributed by atoms with van der Waals surface area (Å²) in [5, 5.41) is 6.52. The van der Waals surface area contributed by atoms with E-state index in [1.807, 2.05) is 44.2 Å². The molecular weight excluding hydrogens is 340 g/mol. The number of ether oxygens (including phenoxy) is 2. The average Bonchev–Trinajstić information content (AvgIpc) is 2.61. The SMILES string of the molecule is CCOCCOc1ccc(NCC(=O)Nc2cc(Cl)ccc2C)cc1. The lowest BCUT2D eigenvalue weighted by Gasteiger charge is -2.11. The van der Waals surface area contributed by atoms with Crippen molar-refractivity contribution in [1.82, 2.24) is 0 Å². The van der Waals surface area contributed by atoms with Gasteiger partial charge in [-0.05, 0) is 55.8 Å². The Morgan fingerprint density at radius 3 is 2.60 bits per heavy atom. The molecular formula is C19H23ClN2O3. The van der Waals surface area contributed by atoms with E-state index in [1.54, 1.807) is 12.1 Å². The number of hydrogen-bond acceptors (Lipinski definition) is 4. The molecule has 2 rings (SSSR count). The third-order valence-corrected chi connectivity index (χ3v) is 3.72. The van der Waals surface area contributed by atoms with E-state index in [9.17, 15) is 4.79 Å². The highest BCUT2D eigenvalue weighted by atomic mass is 35.5. The number of anilines is 2. The summed E-state index contributed by atoms with van der Waals surface area (Å²) in [5.74, 6) is 0.631. The molecule has 0 aliphatic heterocycles. The van der Waals surface area contributed by atoms with Gasteiger partial charge in [0.25, 0.3) is 0 Å². The Morgan fingerprint density at radius 1 is 1.12 bits per heavy atom. The monoisotopic (exact) mass is 362 g/mol. The smallest absolute Gasteiger partial charge is 0.243 e. The Hall–Kier alpha value is -2.24. The number of nitrogens with one attached hydrogen (secondary N) is 2. The quantitative estimate of drug-likeness (QED) is 0.659. The molecule has 5 nitrogen and oxygen atoms in total. The maximum Gasteiger partial charge on any atom is 0.243 e. The molecule has 0 aromatic heterocycles. The fourth-order valence-corrected chi connectivity index (χ4v) is 2.31. The van der Waals surface area contributed by atoms with Crippen LogP contribution in [0.3, 0.4) is 0 Å². The number of carbonyl (C=O) groups excluding carboxylic acids is 1. The molecule has 0 radical (unpaired) electrons. The Morgan fingerprint density at radius 2 is 1.88 bits per heavy atom. The van der Waals surface area contributed by atoms with Crippen molar-refractivity contribution in [3.63, 3.8) is 0 Å². The summed E-state index contributed by atoms with van der Waals surface area (Å²) in [4.78, 5) is 12.1. The molecule has 0 atom stereocenters. The summed E-state index contributed by atoms with van der Waals surface area (Å²) in [5.41, 5.74) is 2.53. The molecule has 0 aliphatic carbocycles. The fraction of sp³-hybridized carbons (Fsp3) is 0.316. The van der Waals surface area contributed by atoms with Crippen molar-refractivity contribution in [3.8, 4) is 5.75 Å². The van der Waals surface area contributed by atoms with Crippen molar-refractivity contribution in [1.29, 1.82) is 0 Å². The van der Waals surface area contributed by atoms with Crippen LogP contribution in [0.4, 0.5) is 11.4 Å². The lowest BCUT2D eigenvalue weighted by molar-refractivity contribution is -0.114. The molecule has 134 valence electrons. The van der Waals surface area contributed by atoms with Gasteiger partial charge in [-0.15, -0.1) is 0 Å². The highest BCUT2D eigenvalue weighted by Gasteiger charge is 2.05. The summed E-state index contributed by atoms with van der Waals surface area (Å²) in [7, 11) is 0. The van der Waals surface area contributed by atoms with Crippen LogP contribution < -0.4 is 15.4 Å². The first-order valence-corrected chi connectivity index (χ1v) is 8.56. The van der Waals surface area contributed by atoms with Gasteiger partial charge in [-0.2, -0.15) is 0 Å². The van der Waals surface area contributed by atoms with Crippen molar-refractivity contribution in [3.05, 3.63) is 53.1 Å². The van der Waals surface area contributed by atoms with Crippen molar-refractivity contribution in [2.24, 2.45) is 0 Å². The zero-order chi connectivity index (χ0) is 18.1. The molecule has 0 bridgehead atoms. The fourth-order valence-electron chi connectivity index (χ4n) is 2.14. The second-order valence-electron chi connectivity index (χ2n) is 5.43. The maximum atomic E-state index is 12.1. The first kappa shape index (κ1) is 19.1. The number of rotatable bonds is 9. The molecule has 0 saturated carbocycles. The van der Waals surface area contributed by atoms with E-state index in [1.165, 1.54) is 0 Å². The molecule has 2 aromatic carbocycles. The van der Waals surface area contributed by atoms with E-state index in [2.05, 4.69) is 10.6 Å². The Kier molecular flexibility index (Phi) is 7.57. The largest absolute Gasteiger partial charge is 0.491 e. The second-order valence-corrected chi connectivity index (χ2v) is 5.87. The third kappa shape index (κ3) is 6.64. The molecule has 0 unspecified atom stereocenters. The third-order valence-electron chi connectivity index (χ3n) is 3.48. The normalized spacial score (nSPS) is 10.4. The summed E-state index contributed by atoms with van der Waals surface area (Å²) in [6, 6.07) is 12.9. The minimum absolute atomic E-state index is 0.137. The number of carbonyl (C=O) groups is 1. The van der Waals surface area contributed by atoms with E-state index >= 15 is 0 Å². The summed E-state index contributed by atoms with van der Waals surface area (Å²) in [6.07, 6.45) is 0. The molecule has 2 N–H and O–H groups in total. The maximum absolute atomic E-state index is 12.1. The Bertz CT molecular complexity index is 690. The molecule has 0 spiro atoms. The van der Waals surface area contributed by atoms with Gasteiger partial charge in [0.15, 0.2) is 0 Å². The summed E-state index contributed by atoms with van der Waals surface area (Å²) in [6.45, 7) is 5.80. The van der Waals surface area contributed by atoms with Gasteiger partial charge in [0.1, 0.15) is 12.4 Å². The predicted octanol–water partition coefficient (Wildman–Crippen LogP) is 4.11. The van der Waals surface area contributed by atoms with Gasteiger partial charge in [-0.1, -0.05) is 17.7 Å². The lowest BCUT2D eigenvalue weighted by atomic mass is 10.2. The predicted molar refractivity (Wildman–Crippen MR) is 102 cm³/mol. The zero-order valence-corrected chi connectivity index (χ0v) is 15.2. The number of hydrogen-bond donors (Lipinski definition) is 2. The van der Waals surface area contributed by atoms with Gasteiger partial charge < -0.3 is 20.1 Å². The van der Waals surface area contributed by atoms with Gasteiger partial charge in [-0.25, -0.2) is 0 Å². The van der Waals surface area contributed by atoms with E-state index in [0.29, 0.717) is 24.8 Å². The molecule has 0 heterocycles. The molecule has 2 aromatic rings. The van der Waals surface area contributed by atoms with Crippen LogP contribution in [0.5, 0.6) is 5.75 Å². The van der Waals surface area contributed by atoms with E-state index in [0.717, 1.165) is 22.7 Å². The highest BCUT2D eigenvalue weighted by Crippen LogP contribution is 2.20. The zero-order valence-electron chi connectivity index (χ0n) is 14.5. The van der Waals surface area contributed by atoms with E-state index in [-0.39, 0.29) is 12.5 Å². The highest BCUT2D eigenvalue weighted by molar-refractivity contribution is 6.31. The first-order valence-electron chi connectivity index (χ1n) is 8.19. The number of amides is 1. The second kappa shape index (κ2) is 9.91. The lowest BCUT2D eigenvalue weighted by Crippen LogP contribution is -2.22. The van der Waals surface area contributed by atoms with Crippen molar-refractivity contribution in [2.75, 3.05) is 37.0 Å². The van der Waals surface area contributed by atoms with Crippen LogP contribution in [-0.2, 0) is 9.53 Å². The first-order chi connectivity index (χ1) is 12.1. The van der Waals surface area contributed by atoms with Gasteiger partial charge in [0.2, 0.25) is 5.91 Å². The van der Waals surface area contributed by atoms with Gasteiger partial charge in [0.05, 0.1) is 13.2 Å². The van der Waals surface area contributed by atoms with Crippen LogP contribution in [-0.4, -0.2) is 32.3 Å². The molecule has 0 fully saturated rings. The van der Waals surface area contributed by atoms with Crippen molar-refractivity contribution >= 4 is 28.9 Å². The number of benzene rings is 2. The summed E-state index contributed by atoms with van der Waals surface area (Å²) >= 11 is 5.96. The standard InChI is InChI=1S/C19H23ClN2O3/c1-3-24-10-11-25-17-8-6-16(7-9-17)21-13-19(23)22-18-12-15(20)5-4-14(18)2/h4-9,12,21H,3,10-11,13H2,1-2H3,(H,22,23). The van der Waals surface area contributed by atoms with E-state index < -0.39 is 0 Å². The van der Waals surface area contributed by atoms with Gasteiger partial charge >= 0.3 is 0 Å². The number of halogens is 1. The van der Waals surface area contributed by atoms with Crippen LogP contribution in [0, 0.1) is 6.92 Å². The Labute approximate surface area is 153 Å². The van der Waals surface area contributed by atoms with Gasteiger partial charge in [-0.3, -0.25) is 4.79 Å². The molecule has 1 amide bonds. The van der Waals surface area contributed by atoms with Crippen LogP contribution in [0.25, 0.3) is 0 Å². The van der Waals surface area contributed by atoms with Crippen LogP contribution in [0.2, 0.25) is 5.02 Å². The molecule has 0 aliphatic rings. The van der Waals surface area contributed by atoms with Crippen molar-refractivity contribution in [2.45, 2.75) is 13.8 Å². The molecule has 25 heavy (non-hydrogen) atoms. The van der Waals surface area contributed by atoms with Crippen LogP contribution >= 0.6 is 11.6 Å². The van der Waals surface area contributed by atoms with Gasteiger partial charge in [0, 0.05) is 23.0 Å². The minimum atomic E-state index is -0.137. The van der Waals surface area contributed by atoms with Crippen LogP contribution in [0.1, 0.15) is 12.5 Å². The van der Waals surface area contributed by atoms with E-state index in [4.69, 9.17) is 21.1 Å². The summed E-state index contributed by atoms with van der Waals surface area (Å²) < 4.78 is 10.8. The minimum Gasteiger partial charge on any atom is -0.491 e. The Balaban J connectivity index is 1.78. The molecule has 0 saturated heterocycles. The number of aryl methyl sites for hydroxylation is 1. The van der Waals surface area contributed by atoms with Crippen molar-refractivity contribution < 1.29 is 14.3 Å². The molecule has 6 heteroatoms. The topological polar surface area (TPSA) is 59.6 Å². The van der Waals surface area contributed by atoms with Crippen LogP contribution in [0.15, 0.2) is 42.5 Å².